The number of hydrogen-bond acceptors (Lipinski definition) is 4. The Labute approximate surface area is 144 Å². The smallest absolute Gasteiger partial charge is 0.134 e. The van der Waals surface area contributed by atoms with Crippen LogP contribution in [0.2, 0.25) is 0 Å². The van der Waals surface area contributed by atoms with E-state index in [4.69, 9.17) is 4.98 Å². The van der Waals surface area contributed by atoms with Gasteiger partial charge in [-0.15, -0.1) is 0 Å². The predicted molar refractivity (Wildman–Crippen MR) is 97.6 cm³/mol. The molecule has 0 aromatic carbocycles. The molecule has 4 rings (SSSR count). The Balaban J connectivity index is 1.40. The Kier molecular flexibility index (Phi) is 4.48. The third kappa shape index (κ3) is 3.75. The highest BCUT2D eigenvalue weighted by Crippen LogP contribution is 2.33. The Morgan fingerprint density at radius 3 is 2.67 bits per heavy atom. The van der Waals surface area contributed by atoms with E-state index in [0.29, 0.717) is 5.92 Å². The minimum absolute atomic E-state index is 0.590. The van der Waals surface area contributed by atoms with Gasteiger partial charge in [-0.2, -0.15) is 0 Å². The van der Waals surface area contributed by atoms with Crippen molar-refractivity contribution < 1.29 is 0 Å². The normalized spacial score (nSPS) is 19.4. The first-order chi connectivity index (χ1) is 11.8. The second-order valence-corrected chi connectivity index (χ2v) is 7.26. The molecule has 1 saturated heterocycles. The molecule has 2 aromatic heterocycles. The number of likely N-dealkylation sites (tertiary alicyclic amines) is 1. The van der Waals surface area contributed by atoms with Crippen LogP contribution in [0.3, 0.4) is 0 Å². The summed E-state index contributed by atoms with van der Waals surface area (Å²) in [7, 11) is 0. The number of aromatic nitrogens is 2. The monoisotopic (exact) mass is 322 g/mol. The minimum Gasteiger partial charge on any atom is -0.325 e. The van der Waals surface area contributed by atoms with E-state index >= 15 is 0 Å². The number of anilines is 2. The lowest BCUT2D eigenvalue weighted by Crippen LogP contribution is -2.34. The maximum absolute atomic E-state index is 4.86. The molecule has 1 N–H and O–H groups in total. The summed E-state index contributed by atoms with van der Waals surface area (Å²) in [5.74, 6) is 3.37. The van der Waals surface area contributed by atoms with Crippen molar-refractivity contribution in [2.24, 2.45) is 5.92 Å². The van der Waals surface area contributed by atoms with Crippen molar-refractivity contribution in [3.8, 4) is 0 Å². The molecule has 4 nitrogen and oxygen atoms in total. The third-order valence-corrected chi connectivity index (χ3v) is 5.25. The quantitative estimate of drug-likeness (QED) is 0.899. The molecular formula is C20H26N4. The third-order valence-electron chi connectivity index (χ3n) is 5.25. The molecule has 24 heavy (non-hydrogen) atoms. The Hall–Kier alpha value is -1.94. The van der Waals surface area contributed by atoms with Gasteiger partial charge >= 0.3 is 0 Å². The first kappa shape index (κ1) is 15.6. The Morgan fingerprint density at radius 2 is 1.92 bits per heavy atom. The van der Waals surface area contributed by atoms with Crippen LogP contribution in [0.4, 0.5) is 11.6 Å². The average Bonchev–Trinajstić information content (AvgIpc) is 3.42. The highest BCUT2D eigenvalue weighted by atomic mass is 15.1. The van der Waals surface area contributed by atoms with Crippen LogP contribution in [0.25, 0.3) is 0 Å². The van der Waals surface area contributed by atoms with Gasteiger partial charge < -0.3 is 10.2 Å². The van der Waals surface area contributed by atoms with Crippen LogP contribution >= 0.6 is 0 Å². The molecule has 2 fully saturated rings. The lowest BCUT2D eigenvalue weighted by molar-refractivity contribution is 0.203. The Bertz CT molecular complexity index is 688. The summed E-state index contributed by atoms with van der Waals surface area (Å²) in [4.78, 5) is 11.9. The van der Waals surface area contributed by atoms with Crippen LogP contribution in [-0.2, 0) is 0 Å². The summed E-state index contributed by atoms with van der Waals surface area (Å²) in [5, 5.41) is 3.36. The van der Waals surface area contributed by atoms with Crippen molar-refractivity contribution in [1.82, 2.24) is 14.9 Å². The molecule has 2 aliphatic rings. The van der Waals surface area contributed by atoms with Crippen LogP contribution in [0.15, 0.2) is 36.5 Å². The lowest BCUT2D eigenvalue weighted by atomic mass is 9.93. The van der Waals surface area contributed by atoms with E-state index in [1.165, 1.54) is 51.0 Å². The van der Waals surface area contributed by atoms with E-state index in [1.54, 1.807) is 0 Å². The summed E-state index contributed by atoms with van der Waals surface area (Å²) in [6.07, 6.45) is 7.16. The molecular weight excluding hydrogens is 296 g/mol. The van der Waals surface area contributed by atoms with Gasteiger partial charge in [0.1, 0.15) is 11.6 Å². The maximum atomic E-state index is 4.86. The predicted octanol–water partition coefficient (Wildman–Crippen LogP) is 4.12. The zero-order valence-electron chi connectivity index (χ0n) is 14.4. The summed E-state index contributed by atoms with van der Waals surface area (Å²) < 4.78 is 0. The SMILES string of the molecule is Cc1cccnc1Nc1cccc(C2CCN(CC3CC3)CC2)n1. The number of piperidine rings is 1. The van der Waals surface area contributed by atoms with Gasteiger partial charge in [-0.25, -0.2) is 9.97 Å². The number of rotatable bonds is 5. The van der Waals surface area contributed by atoms with Gasteiger partial charge in [0.2, 0.25) is 0 Å². The molecule has 0 amide bonds. The maximum Gasteiger partial charge on any atom is 0.134 e. The topological polar surface area (TPSA) is 41.1 Å². The van der Waals surface area contributed by atoms with Crippen LogP contribution in [0.1, 0.15) is 42.9 Å². The Morgan fingerprint density at radius 1 is 1.08 bits per heavy atom. The van der Waals surface area contributed by atoms with Crippen molar-refractivity contribution in [2.45, 2.75) is 38.5 Å². The van der Waals surface area contributed by atoms with E-state index in [0.717, 1.165) is 23.1 Å². The molecule has 0 bridgehead atoms. The number of hydrogen-bond donors (Lipinski definition) is 1. The minimum atomic E-state index is 0.590. The van der Waals surface area contributed by atoms with Crippen molar-refractivity contribution in [2.75, 3.05) is 25.0 Å². The molecule has 4 heteroatoms. The highest BCUT2D eigenvalue weighted by Gasteiger charge is 2.27. The first-order valence-electron chi connectivity index (χ1n) is 9.16. The molecule has 1 saturated carbocycles. The van der Waals surface area contributed by atoms with Crippen molar-refractivity contribution in [3.63, 3.8) is 0 Å². The van der Waals surface area contributed by atoms with Gasteiger partial charge in [-0.3, -0.25) is 0 Å². The summed E-state index contributed by atoms with van der Waals surface area (Å²) in [6.45, 7) is 5.83. The molecule has 0 radical (unpaired) electrons. The molecule has 0 atom stereocenters. The van der Waals surface area contributed by atoms with E-state index in [9.17, 15) is 0 Å². The van der Waals surface area contributed by atoms with Gasteiger partial charge in [-0.05, 0) is 75.4 Å². The van der Waals surface area contributed by atoms with Gasteiger partial charge in [0, 0.05) is 24.4 Å². The summed E-state index contributed by atoms with van der Waals surface area (Å²) in [6, 6.07) is 10.3. The van der Waals surface area contributed by atoms with Crippen LogP contribution in [0.5, 0.6) is 0 Å². The van der Waals surface area contributed by atoms with Gasteiger partial charge in [0.15, 0.2) is 0 Å². The van der Waals surface area contributed by atoms with Gasteiger partial charge in [-0.1, -0.05) is 12.1 Å². The van der Waals surface area contributed by atoms with Crippen molar-refractivity contribution in [1.29, 1.82) is 0 Å². The molecule has 0 spiro atoms. The molecule has 126 valence electrons. The van der Waals surface area contributed by atoms with E-state index in [-0.39, 0.29) is 0 Å². The fourth-order valence-corrected chi connectivity index (χ4v) is 3.56. The van der Waals surface area contributed by atoms with E-state index in [1.807, 2.05) is 18.3 Å². The summed E-state index contributed by atoms with van der Waals surface area (Å²) in [5.41, 5.74) is 2.36. The first-order valence-corrected chi connectivity index (χ1v) is 9.16. The molecule has 1 aliphatic carbocycles. The zero-order chi connectivity index (χ0) is 16.4. The standard InChI is InChI=1S/C20H26N4/c1-15-4-3-11-21-20(15)23-19-6-2-5-18(22-19)17-9-12-24(13-10-17)14-16-7-8-16/h2-6,11,16-17H,7-10,12-14H2,1H3,(H,21,22,23). The van der Waals surface area contributed by atoms with Crippen LogP contribution < -0.4 is 5.32 Å². The van der Waals surface area contributed by atoms with Gasteiger partial charge in [0.05, 0.1) is 0 Å². The van der Waals surface area contributed by atoms with E-state index < -0.39 is 0 Å². The fraction of sp³-hybridized carbons (Fsp3) is 0.500. The largest absolute Gasteiger partial charge is 0.325 e. The molecule has 0 unspecified atom stereocenters. The zero-order valence-corrected chi connectivity index (χ0v) is 14.4. The van der Waals surface area contributed by atoms with Gasteiger partial charge in [0.25, 0.3) is 0 Å². The second-order valence-electron chi connectivity index (χ2n) is 7.26. The average molecular weight is 322 g/mol. The van der Waals surface area contributed by atoms with Crippen molar-refractivity contribution >= 4 is 11.6 Å². The molecule has 3 heterocycles. The lowest BCUT2D eigenvalue weighted by Gasteiger charge is -2.31. The van der Waals surface area contributed by atoms with E-state index in [2.05, 4.69) is 40.3 Å². The highest BCUT2D eigenvalue weighted by molar-refractivity contribution is 5.55. The number of aryl methyl sites for hydroxylation is 1. The number of pyridine rings is 2. The number of nitrogens with zero attached hydrogens (tertiary/aromatic N) is 3. The van der Waals surface area contributed by atoms with Crippen molar-refractivity contribution in [3.05, 3.63) is 47.8 Å². The second kappa shape index (κ2) is 6.89. The van der Waals surface area contributed by atoms with Crippen LogP contribution in [-0.4, -0.2) is 34.5 Å². The molecule has 2 aromatic rings. The number of nitrogens with one attached hydrogen (secondary N) is 1. The van der Waals surface area contributed by atoms with Crippen LogP contribution in [0, 0.1) is 12.8 Å². The fourth-order valence-electron chi connectivity index (χ4n) is 3.56. The summed E-state index contributed by atoms with van der Waals surface area (Å²) >= 11 is 0. The molecule has 1 aliphatic heterocycles.